The van der Waals surface area contributed by atoms with E-state index in [0.29, 0.717) is 11.6 Å². The number of hydrogen-bond acceptors (Lipinski definition) is 4. The summed E-state index contributed by atoms with van der Waals surface area (Å²) in [6, 6.07) is 0. The SMILES string of the molecule is Cc1csc(F)c1NC1=NCCN1. The Morgan fingerprint density at radius 2 is 2.54 bits per heavy atom. The molecule has 5 heteroatoms. The largest absolute Gasteiger partial charge is 0.354 e. The van der Waals surface area contributed by atoms with Crippen molar-refractivity contribution >= 4 is 23.0 Å². The fraction of sp³-hybridized carbons (Fsp3) is 0.375. The molecule has 2 N–H and O–H groups in total. The number of guanidine groups is 1. The number of aliphatic imine (C=N–C) groups is 1. The van der Waals surface area contributed by atoms with Gasteiger partial charge in [-0.1, -0.05) is 0 Å². The molecule has 0 fully saturated rings. The zero-order chi connectivity index (χ0) is 9.26. The van der Waals surface area contributed by atoms with Crippen molar-refractivity contribution in [1.29, 1.82) is 0 Å². The lowest BCUT2D eigenvalue weighted by molar-refractivity contribution is 0.660. The minimum absolute atomic E-state index is 0.186. The van der Waals surface area contributed by atoms with E-state index in [4.69, 9.17) is 0 Å². The van der Waals surface area contributed by atoms with E-state index < -0.39 is 0 Å². The zero-order valence-corrected chi connectivity index (χ0v) is 8.04. The Labute approximate surface area is 79.7 Å². The Bertz CT molecular complexity index is 326. The van der Waals surface area contributed by atoms with Gasteiger partial charge in [0.1, 0.15) is 0 Å². The molecule has 0 saturated carbocycles. The molecule has 0 radical (unpaired) electrons. The van der Waals surface area contributed by atoms with Crippen LogP contribution in [-0.4, -0.2) is 19.0 Å². The molecule has 0 bridgehead atoms. The molecule has 2 rings (SSSR count). The van der Waals surface area contributed by atoms with Crippen LogP contribution in [0.5, 0.6) is 0 Å². The molecule has 0 saturated heterocycles. The van der Waals surface area contributed by atoms with Crippen molar-refractivity contribution in [3.8, 4) is 0 Å². The molecule has 0 aliphatic carbocycles. The van der Waals surface area contributed by atoms with E-state index in [0.717, 1.165) is 30.0 Å². The van der Waals surface area contributed by atoms with Crippen molar-refractivity contribution in [2.75, 3.05) is 18.4 Å². The Morgan fingerprint density at radius 1 is 1.69 bits per heavy atom. The first-order chi connectivity index (χ1) is 6.27. The maximum Gasteiger partial charge on any atom is 0.200 e. The van der Waals surface area contributed by atoms with Gasteiger partial charge in [0.2, 0.25) is 0 Å². The molecule has 0 spiro atoms. The first kappa shape index (κ1) is 8.50. The van der Waals surface area contributed by atoms with Crippen molar-refractivity contribution in [2.24, 2.45) is 4.99 Å². The number of hydrogen-bond donors (Lipinski definition) is 2. The number of nitrogens with zero attached hydrogens (tertiary/aromatic N) is 1. The van der Waals surface area contributed by atoms with Crippen LogP contribution >= 0.6 is 11.3 Å². The van der Waals surface area contributed by atoms with E-state index in [1.807, 2.05) is 6.92 Å². The van der Waals surface area contributed by atoms with E-state index >= 15 is 0 Å². The molecule has 2 heterocycles. The third kappa shape index (κ3) is 1.65. The summed E-state index contributed by atoms with van der Waals surface area (Å²) >= 11 is 1.10. The van der Waals surface area contributed by atoms with Gasteiger partial charge in [0.25, 0.3) is 0 Å². The molecule has 70 valence electrons. The fourth-order valence-electron chi connectivity index (χ4n) is 1.16. The number of rotatable bonds is 1. The van der Waals surface area contributed by atoms with Crippen LogP contribution in [0.2, 0.25) is 0 Å². The predicted molar refractivity (Wildman–Crippen MR) is 52.9 cm³/mol. The van der Waals surface area contributed by atoms with Crippen molar-refractivity contribution in [3.05, 3.63) is 16.1 Å². The van der Waals surface area contributed by atoms with Crippen LogP contribution in [0.1, 0.15) is 5.56 Å². The molecule has 1 aromatic rings. The van der Waals surface area contributed by atoms with Crippen LogP contribution in [0.4, 0.5) is 10.1 Å². The molecule has 0 aromatic carbocycles. The predicted octanol–water partition coefficient (Wildman–Crippen LogP) is 1.57. The molecule has 0 amide bonds. The molecular formula is C8H10FN3S. The molecule has 0 atom stereocenters. The van der Waals surface area contributed by atoms with Crippen molar-refractivity contribution in [3.63, 3.8) is 0 Å². The molecular weight excluding hydrogens is 189 g/mol. The number of aryl methyl sites for hydroxylation is 1. The fourth-order valence-corrected chi connectivity index (χ4v) is 1.89. The zero-order valence-electron chi connectivity index (χ0n) is 7.22. The lowest BCUT2D eigenvalue weighted by Crippen LogP contribution is -2.26. The molecule has 13 heavy (non-hydrogen) atoms. The second kappa shape index (κ2) is 3.33. The summed E-state index contributed by atoms with van der Waals surface area (Å²) in [4.78, 5) is 4.13. The summed E-state index contributed by atoms with van der Waals surface area (Å²) in [5, 5.41) is 7.56. The van der Waals surface area contributed by atoms with Gasteiger partial charge in [-0.15, -0.1) is 11.3 Å². The second-order valence-electron chi connectivity index (χ2n) is 2.85. The minimum Gasteiger partial charge on any atom is -0.354 e. The van der Waals surface area contributed by atoms with Gasteiger partial charge >= 0.3 is 0 Å². The highest BCUT2D eigenvalue weighted by Gasteiger charge is 2.11. The van der Waals surface area contributed by atoms with Gasteiger partial charge in [0, 0.05) is 6.54 Å². The third-order valence-electron chi connectivity index (χ3n) is 1.85. The average molecular weight is 199 g/mol. The van der Waals surface area contributed by atoms with E-state index in [9.17, 15) is 4.39 Å². The Morgan fingerprint density at radius 3 is 3.08 bits per heavy atom. The van der Waals surface area contributed by atoms with E-state index in [-0.39, 0.29) is 5.13 Å². The van der Waals surface area contributed by atoms with Crippen LogP contribution < -0.4 is 10.6 Å². The van der Waals surface area contributed by atoms with Crippen molar-refractivity contribution in [1.82, 2.24) is 5.32 Å². The smallest absolute Gasteiger partial charge is 0.200 e. The van der Waals surface area contributed by atoms with Gasteiger partial charge in [0.15, 0.2) is 11.1 Å². The number of nitrogens with one attached hydrogen (secondary N) is 2. The van der Waals surface area contributed by atoms with Crippen molar-refractivity contribution < 1.29 is 4.39 Å². The van der Waals surface area contributed by atoms with Crippen molar-refractivity contribution in [2.45, 2.75) is 6.92 Å². The Balaban J connectivity index is 2.16. The van der Waals surface area contributed by atoms with Gasteiger partial charge in [-0.2, -0.15) is 4.39 Å². The second-order valence-corrected chi connectivity index (χ2v) is 3.68. The highest BCUT2D eigenvalue weighted by atomic mass is 32.1. The minimum atomic E-state index is -0.186. The molecule has 1 aliphatic rings. The Kier molecular flexibility index (Phi) is 2.18. The highest BCUT2D eigenvalue weighted by molar-refractivity contribution is 7.08. The van der Waals surface area contributed by atoms with E-state index in [1.165, 1.54) is 0 Å². The molecule has 0 unspecified atom stereocenters. The topological polar surface area (TPSA) is 36.4 Å². The molecule has 1 aliphatic heterocycles. The van der Waals surface area contributed by atoms with Crippen LogP contribution in [0.15, 0.2) is 10.4 Å². The van der Waals surface area contributed by atoms with Crippen LogP contribution in [0, 0.1) is 12.1 Å². The molecule has 3 nitrogen and oxygen atoms in total. The maximum atomic E-state index is 13.1. The van der Waals surface area contributed by atoms with E-state index in [2.05, 4.69) is 15.6 Å². The van der Waals surface area contributed by atoms with Gasteiger partial charge in [-0.3, -0.25) is 4.99 Å². The average Bonchev–Trinajstić information content (AvgIpc) is 2.70. The normalized spacial score (nSPS) is 15.4. The summed E-state index contributed by atoms with van der Waals surface area (Å²) in [6.45, 7) is 3.46. The summed E-state index contributed by atoms with van der Waals surface area (Å²) in [5.74, 6) is 0.667. The monoisotopic (exact) mass is 199 g/mol. The number of anilines is 1. The van der Waals surface area contributed by atoms with Gasteiger partial charge < -0.3 is 10.6 Å². The third-order valence-corrected chi connectivity index (χ3v) is 2.73. The highest BCUT2D eigenvalue weighted by Crippen LogP contribution is 2.25. The van der Waals surface area contributed by atoms with E-state index in [1.54, 1.807) is 5.38 Å². The standard InChI is InChI=1S/C8H10FN3S/c1-5-4-13-7(9)6(5)12-8-10-2-3-11-8/h4H,2-3H2,1H3,(H2,10,11,12). The number of halogens is 1. The van der Waals surface area contributed by atoms with Gasteiger partial charge in [-0.05, 0) is 17.9 Å². The number of thiophene rings is 1. The molecule has 1 aromatic heterocycles. The lowest BCUT2D eigenvalue weighted by atomic mass is 10.3. The van der Waals surface area contributed by atoms with Crippen LogP contribution in [0.25, 0.3) is 0 Å². The maximum absolute atomic E-state index is 13.1. The Hall–Kier alpha value is -1.10. The van der Waals surface area contributed by atoms with Crippen LogP contribution in [-0.2, 0) is 0 Å². The van der Waals surface area contributed by atoms with Gasteiger partial charge in [0.05, 0.1) is 12.2 Å². The first-order valence-corrected chi connectivity index (χ1v) is 4.94. The summed E-state index contributed by atoms with van der Waals surface area (Å²) in [5.41, 5.74) is 1.46. The first-order valence-electron chi connectivity index (χ1n) is 4.06. The van der Waals surface area contributed by atoms with Crippen LogP contribution in [0.3, 0.4) is 0 Å². The lowest BCUT2D eigenvalue weighted by Gasteiger charge is -2.05. The summed E-state index contributed by atoms with van der Waals surface area (Å²) < 4.78 is 13.1. The summed E-state index contributed by atoms with van der Waals surface area (Å²) in [6.07, 6.45) is 0. The quantitative estimate of drug-likeness (QED) is 0.720. The van der Waals surface area contributed by atoms with Gasteiger partial charge in [-0.25, -0.2) is 0 Å². The summed E-state index contributed by atoms with van der Waals surface area (Å²) in [7, 11) is 0.